The van der Waals surface area contributed by atoms with Crippen LogP contribution in [0.3, 0.4) is 0 Å². The fraction of sp³-hybridized carbons (Fsp3) is 0.302. The minimum Gasteiger partial charge on any atom is -0.369 e. The lowest BCUT2D eigenvalue weighted by atomic mass is 10.0. The molecule has 296 valence electrons. The summed E-state index contributed by atoms with van der Waals surface area (Å²) in [5.41, 5.74) is 5.48. The van der Waals surface area contributed by atoms with E-state index < -0.39 is 39.5 Å². The first-order valence-electron chi connectivity index (χ1n) is 19.4. The fourth-order valence-electron chi connectivity index (χ4n) is 7.60. The van der Waals surface area contributed by atoms with Crippen molar-refractivity contribution in [3.63, 3.8) is 0 Å². The fourth-order valence-corrected chi connectivity index (χ4v) is 8.23. The molecule has 14 nitrogen and oxygen atoms in total. The highest BCUT2D eigenvalue weighted by Gasteiger charge is 2.44. The molecule has 58 heavy (non-hydrogen) atoms. The van der Waals surface area contributed by atoms with Gasteiger partial charge in [0.25, 0.3) is 11.8 Å². The summed E-state index contributed by atoms with van der Waals surface area (Å²) in [4.78, 5) is 60.6. The zero-order valence-corrected chi connectivity index (χ0v) is 32.8. The predicted molar refractivity (Wildman–Crippen MR) is 218 cm³/mol. The van der Waals surface area contributed by atoms with Gasteiger partial charge in [-0.05, 0) is 92.5 Å². The third-order valence-electron chi connectivity index (χ3n) is 10.7. The minimum atomic E-state index is -3.28. The zero-order chi connectivity index (χ0) is 40.4. The van der Waals surface area contributed by atoms with Gasteiger partial charge in [0, 0.05) is 67.8 Å². The molecule has 5 aromatic rings. The third kappa shape index (κ3) is 8.20. The quantitative estimate of drug-likeness (QED) is 0.108. The minimum absolute atomic E-state index is 0.0819. The van der Waals surface area contributed by atoms with Gasteiger partial charge in [0.05, 0.1) is 21.7 Å². The molecule has 3 aromatic carbocycles. The van der Waals surface area contributed by atoms with Crippen molar-refractivity contribution in [1.29, 1.82) is 0 Å². The maximum absolute atomic E-state index is 13.1. The molecule has 1 atom stereocenters. The topological polar surface area (TPSA) is 166 Å². The van der Waals surface area contributed by atoms with E-state index in [0.29, 0.717) is 17.2 Å². The Morgan fingerprint density at radius 2 is 1.60 bits per heavy atom. The number of piperazine rings is 1. The van der Waals surface area contributed by atoms with Crippen LogP contribution < -0.4 is 15.5 Å². The van der Waals surface area contributed by atoms with E-state index in [1.165, 1.54) is 6.26 Å². The van der Waals surface area contributed by atoms with Gasteiger partial charge in [-0.25, -0.2) is 12.9 Å². The van der Waals surface area contributed by atoms with E-state index in [-0.39, 0.29) is 28.9 Å². The van der Waals surface area contributed by atoms with Crippen molar-refractivity contribution in [2.45, 2.75) is 49.5 Å². The van der Waals surface area contributed by atoms with Gasteiger partial charge in [0.15, 0.2) is 15.5 Å². The number of benzene rings is 3. The van der Waals surface area contributed by atoms with Crippen LogP contribution in [0, 0.1) is 11.8 Å². The van der Waals surface area contributed by atoms with Gasteiger partial charge in [-0.15, -0.1) is 5.10 Å². The van der Waals surface area contributed by atoms with Gasteiger partial charge in [0.2, 0.25) is 17.8 Å². The first kappa shape index (κ1) is 38.5. The van der Waals surface area contributed by atoms with Crippen LogP contribution in [0.5, 0.6) is 0 Å². The molecule has 5 heterocycles. The second-order valence-electron chi connectivity index (χ2n) is 14.7. The predicted octanol–water partition coefficient (Wildman–Crippen LogP) is 4.68. The first-order valence-corrected chi connectivity index (χ1v) is 21.3. The van der Waals surface area contributed by atoms with Crippen molar-refractivity contribution in [2.24, 2.45) is 0 Å². The normalized spacial score (nSPS) is 17.3. The summed E-state index contributed by atoms with van der Waals surface area (Å²) >= 11 is 0. The number of nitrogens with zero attached hydrogens (tertiary/aromatic N) is 6. The molecule has 0 spiro atoms. The number of unbranched alkanes of at least 4 members (excludes halogenated alkanes) is 3. The average Bonchev–Trinajstić information content (AvgIpc) is 3.74. The van der Waals surface area contributed by atoms with Crippen LogP contribution in [0.25, 0.3) is 16.9 Å². The molecule has 4 amide bonds. The zero-order valence-electron chi connectivity index (χ0n) is 32.0. The van der Waals surface area contributed by atoms with Crippen LogP contribution in [0.2, 0.25) is 0 Å². The van der Waals surface area contributed by atoms with Gasteiger partial charge in [-0.2, -0.15) is 4.98 Å². The number of hydrogen-bond acceptors (Lipinski definition) is 11. The molecular weight excluding hydrogens is 757 g/mol. The molecule has 2 saturated heterocycles. The number of carbonyl (C=O) groups excluding carboxylic acids is 4. The van der Waals surface area contributed by atoms with Crippen molar-refractivity contribution >= 4 is 56.4 Å². The summed E-state index contributed by atoms with van der Waals surface area (Å²) < 4.78 is 25.5. The maximum Gasteiger partial charge on any atom is 0.262 e. The SMILES string of the molecule is CS(=O)(=O)c1ccc(-c2cccc3nc(Nc4ccc(N5CCN(CCCCCC#Cc6ccc7c(c6)C(=O)N(C6CCC(=O)NC6=O)C7=O)CC5)cc4)nn23)cc1. The molecule has 3 aliphatic heterocycles. The molecule has 15 heteroatoms. The van der Waals surface area contributed by atoms with Gasteiger partial charge in [0.1, 0.15) is 6.04 Å². The summed E-state index contributed by atoms with van der Waals surface area (Å²) in [6, 6.07) is 24.7. The van der Waals surface area contributed by atoms with Crippen molar-refractivity contribution in [3.8, 4) is 23.1 Å². The van der Waals surface area contributed by atoms with E-state index in [1.807, 2.05) is 30.3 Å². The highest BCUT2D eigenvalue weighted by molar-refractivity contribution is 7.90. The summed E-state index contributed by atoms with van der Waals surface area (Å²) in [7, 11) is -3.28. The number of fused-ring (bicyclic) bond motifs is 2. The number of hydrogen-bond donors (Lipinski definition) is 2. The van der Waals surface area contributed by atoms with Crippen LogP contribution in [0.1, 0.15) is 64.8 Å². The van der Waals surface area contributed by atoms with Crippen LogP contribution in [-0.2, 0) is 19.4 Å². The van der Waals surface area contributed by atoms with Gasteiger partial charge >= 0.3 is 0 Å². The Labute approximate surface area is 336 Å². The van der Waals surface area contributed by atoms with Gasteiger partial charge in [-0.3, -0.25) is 34.3 Å². The van der Waals surface area contributed by atoms with Crippen LogP contribution in [0.15, 0.2) is 89.8 Å². The summed E-state index contributed by atoms with van der Waals surface area (Å²) in [5, 5.41) is 10.2. The van der Waals surface area contributed by atoms with Crippen LogP contribution >= 0.6 is 0 Å². The second kappa shape index (κ2) is 16.2. The smallest absolute Gasteiger partial charge is 0.262 e. The monoisotopic (exact) mass is 798 g/mol. The van der Waals surface area contributed by atoms with E-state index in [1.54, 1.807) is 47.0 Å². The van der Waals surface area contributed by atoms with Gasteiger partial charge < -0.3 is 10.2 Å². The standard InChI is InChI=1S/C43H42N8O6S/c1-58(56,57)33-18-12-30(13-19-33)36-9-7-10-38-45-43(47-51(36)38)44-31-14-16-32(17-15-31)49-26-24-48(25-27-49)23-6-4-2-3-5-8-29-11-20-34-35(28-29)42(55)50(41(34)54)37-21-22-39(52)46-40(37)53/h7,9-20,28,37H,2-4,6,21-27H2,1H3,(H,44,47)(H,46,52,53). The van der Waals surface area contributed by atoms with E-state index in [0.717, 1.165) is 85.9 Å². The molecule has 3 aliphatic rings. The Morgan fingerprint density at radius 1 is 0.845 bits per heavy atom. The Kier molecular flexibility index (Phi) is 10.8. The van der Waals surface area contributed by atoms with Crippen LogP contribution in [0.4, 0.5) is 17.3 Å². The Morgan fingerprint density at radius 3 is 2.34 bits per heavy atom. The Balaban J connectivity index is 0.762. The highest BCUT2D eigenvalue weighted by Crippen LogP contribution is 2.29. The molecule has 8 rings (SSSR count). The van der Waals surface area contributed by atoms with E-state index in [9.17, 15) is 27.6 Å². The third-order valence-corrected chi connectivity index (χ3v) is 11.9. The van der Waals surface area contributed by atoms with E-state index in [2.05, 4.69) is 54.5 Å². The van der Waals surface area contributed by atoms with Crippen molar-refractivity contribution < 1.29 is 27.6 Å². The Hall–Kier alpha value is -6.37. The largest absolute Gasteiger partial charge is 0.369 e. The molecule has 0 aliphatic carbocycles. The van der Waals surface area contributed by atoms with Crippen molar-refractivity contribution in [2.75, 3.05) is 49.2 Å². The highest BCUT2D eigenvalue weighted by atomic mass is 32.2. The lowest BCUT2D eigenvalue weighted by Gasteiger charge is -2.36. The lowest BCUT2D eigenvalue weighted by Crippen LogP contribution is -2.54. The number of carbonyl (C=O) groups is 4. The molecule has 1 unspecified atom stereocenters. The molecule has 0 saturated carbocycles. The van der Waals surface area contributed by atoms with Crippen LogP contribution in [-0.4, -0.2) is 101 Å². The maximum atomic E-state index is 13.1. The van der Waals surface area contributed by atoms with E-state index >= 15 is 0 Å². The molecule has 0 bridgehead atoms. The molecule has 2 fully saturated rings. The number of imide groups is 2. The van der Waals surface area contributed by atoms with E-state index in [4.69, 9.17) is 0 Å². The number of nitrogens with one attached hydrogen (secondary N) is 2. The Bertz CT molecular complexity index is 2590. The van der Waals surface area contributed by atoms with Crippen molar-refractivity contribution in [1.82, 2.24) is 29.7 Å². The second-order valence-corrected chi connectivity index (χ2v) is 16.7. The number of anilines is 3. The number of sulfone groups is 1. The molecule has 2 aromatic heterocycles. The number of rotatable bonds is 11. The lowest BCUT2D eigenvalue weighted by molar-refractivity contribution is -0.136. The first-order chi connectivity index (χ1) is 28.0. The van der Waals surface area contributed by atoms with Crippen molar-refractivity contribution in [3.05, 3.63) is 102 Å². The molecule has 0 radical (unpaired) electrons. The van der Waals surface area contributed by atoms with Gasteiger partial charge in [-0.1, -0.05) is 36.5 Å². The summed E-state index contributed by atoms with van der Waals surface area (Å²) in [5.74, 6) is 4.70. The number of piperidine rings is 1. The molecular formula is C43H42N8O6S. The summed E-state index contributed by atoms with van der Waals surface area (Å²) in [6.07, 6.45) is 5.23. The molecule has 2 N–H and O–H groups in total. The number of aromatic nitrogens is 3. The average molecular weight is 799 g/mol. The number of amides is 4. The number of pyridine rings is 1. The summed E-state index contributed by atoms with van der Waals surface area (Å²) in [6.45, 7) is 4.91.